The maximum absolute atomic E-state index is 6.01. The van der Waals surface area contributed by atoms with Gasteiger partial charge in [0.05, 0.1) is 11.2 Å². The summed E-state index contributed by atoms with van der Waals surface area (Å²) in [5.41, 5.74) is 0.666. The highest BCUT2D eigenvalue weighted by Gasteiger charge is 2.52. The maximum atomic E-state index is 6.01. The third-order valence-corrected chi connectivity index (χ3v) is 4.55. The molecule has 1 aliphatic rings. The fraction of sp³-hybridized carbons (Fsp3) is 0.667. The predicted molar refractivity (Wildman–Crippen MR) is 74.4 cm³/mol. The number of hydrogen-bond donors (Lipinski definition) is 0. The molecular formula is C12H20BNO2S. The van der Waals surface area contributed by atoms with E-state index in [9.17, 15) is 0 Å². The molecule has 0 saturated carbocycles. The first kappa shape index (κ1) is 12.9. The van der Waals surface area contributed by atoms with Crippen LogP contribution in [-0.2, 0) is 9.31 Å². The van der Waals surface area contributed by atoms with Crippen LogP contribution in [0, 0.1) is 0 Å². The summed E-state index contributed by atoms with van der Waals surface area (Å²) in [6.45, 7) is 8.31. The van der Waals surface area contributed by atoms with Gasteiger partial charge in [-0.2, -0.15) is 11.3 Å². The molecule has 5 heteroatoms. The van der Waals surface area contributed by atoms with E-state index in [0.29, 0.717) is 0 Å². The molecule has 1 fully saturated rings. The molecule has 0 amide bonds. The van der Waals surface area contributed by atoms with Crippen molar-refractivity contribution in [3.63, 3.8) is 0 Å². The lowest BCUT2D eigenvalue weighted by Crippen LogP contribution is -2.41. The first-order chi connectivity index (χ1) is 7.73. The Kier molecular flexibility index (Phi) is 3.05. The molecule has 94 valence electrons. The van der Waals surface area contributed by atoms with E-state index in [-0.39, 0.29) is 18.3 Å². The normalized spacial score (nSPS) is 21.9. The fourth-order valence-electron chi connectivity index (χ4n) is 1.66. The Hall–Kier alpha value is -0.515. The Balaban J connectivity index is 2.20. The van der Waals surface area contributed by atoms with Crippen molar-refractivity contribution in [2.24, 2.45) is 0 Å². The van der Waals surface area contributed by atoms with Crippen LogP contribution >= 0.6 is 11.3 Å². The van der Waals surface area contributed by atoms with Crippen LogP contribution in [0.2, 0.25) is 0 Å². The molecule has 0 unspecified atom stereocenters. The van der Waals surface area contributed by atoms with Crippen molar-refractivity contribution in [1.29, 1.82) is 0 Å². The van der Waals surface area contributed by atoms with Gasteiger partial charge in [0, 0.05) is 29.9 Å². The van der Waals surface area contributed by atoms with Crippen LogP contribution in [0.3, 0.4) is 0 Å². The van der Waals surface area contributed by atoms with E-state index < -0.39 is 0 Å². The van der Waals surface area contributed by atoms with Gasteiger partial charge in [-0.05, 0) is 33.8 Å². The number of nitrogens with zero attached hydrogens (tertiary/aromatic N) is 1. The lowest BCUT2D eigenvalue weighted by molar-refractivity contribution is 0.00578. The molecule has 0 aromatic carbocycles. The zero-order chi connectivity index (χ0) is 12.8. The molecule has 0 spiro atoms. The predicted octanol–water partition coefficient (Wildman–Crippen LogP) is 2.11. The number of anilines is 1. The van der Waals surface area contributed by atoms with Gasteiger partial charge in [-0.1, -0.05) is 0 Å². The summed E-state index contributed by atoms with van der Waals surface area (Å²) in [7, 11) is 3.84. The van der Waals surface area contributed by atoms with Crippen molar-refractivity contribution in [3.05, 3.63) is 11.4 Å². The monoisotopic (exact) mass is 253 g/mol. The molecule has 1 aromatic heterocycles. The molecule has 1 aliphatic heterocycles. The van der Waals surface area contributed by atoms with Gasteiger partial charge < -0.3 is 14.2 Å². The molecule has 0 aliphatic carbocycles. The second-order valence-corrected chi connectivity index (χ2v) is 6.63. The minimum absolute atomic E-state index is 0.237. The van der Waals surface area contributed by atoms with Crippen molar-refractivity contribution in [1.82, 2.24) is 0 Å². The topological polar surface area (TPSA) is 21.7 Å². The summed E-state index contributed by atoms with van der Waals surface area (Å²) in [5, 5.41) is 2.13. The molecule has 2 heterocycles. The van der Waals surface area contributed by atoms with E-state index in [2.05, 4.69) is 44.0 Å². The summed E-state index contributed by atoms with van der Waals surface area (Å²) in [6.07, 6.45) is 0. The highest BCUT2D eigenvalue weighted by atomic mass is 32.1. The maximum Gasteiger partial charge on any atom is 0.505 e. The van der Waals surface area contributed by atoms with E-state index in [1.165, 1.54) is 5.69 Å². The van der Waals surface area contributed by atoms with E-state index in [1.807, 2.05) is 14.1 Å². The van der Waals surface area contributed by atoms with Gasteiger partial charge in [0.15, 0.2) is 0 Å². The summed E-state index contributed by atoms with van der Waals surface area (Å²) < 4.78 is 13.2. The summed E-state index contributed by atoms with van der Waals surface area (Å²) in [6, 6.07) is 2.13. The van der Waals surface area contributed by atoms with Crippen LogP contribution < -0.4 is 9.68 Å². The van der Waals surface area contributed by atoms with Crippen molar-refractivity contribution >= 4 is 28.9 Å². The molecule has 0 N–H and O–H groups in total. The van der Waals surface area contributed by atoms with Crippen molar-refractivity contribution < 1.29 is 9.31 Å². The molecule has 0 atom stereocenters. The second kappa shape index (κ2) is 4.00. The summed E-state index contributed by atoms with van der Waals surface area (Å²) in [5.74, 6) is 0. The van der Waals surface area contributed by atoms with Gasteiger partial charge in [-0.15, -0.1) is 0 Å². The Morgan fingerprint density at radius 1 is 1.12 bits per heavy atom. The van der Waals surface area contributed by atoms with Gasteiger partial charge in [-0.3, -0.25) is 0 Å². The Bertz CT molecular complexity index is 398. The molecule has 1 aromatic rings. The van der Waals surface area contributed by atoms with Crippen molar-refractivity contribution in [2.75, 3.05) is 19.0 Å². The Morgan fingerprint density at radius 3 is 2.06 bits per heavy atom. The second-order valence-electron chi connectivity index (χ2n) is 5.69. The van der Waals surface area contributed by atoms with Crippen LogP contribution in [0.15, 0.2) is 11.4 Å². The molecule has 2 rings (SSSR count). The molecule has 0 bridgehead atoms. The first-order valence-corrected chi connectivity index (χ1v) is 6.72. The molecule has 1 saturated heterocycles. The average Bonchev–Trinajstić information content (AvgIpc) is 2.70. The van der Waals surface area contributed by atoms with Gasteiger partial charge >= 0.3 is 7.12 Å². The largest absolute Gasteiger partial charge is 0.505 e. The van der Waals surface area contributed by atoms with Crippen LogP contribution in [-0.4, -0.2) is 32.4 Å². The standard InChI is InChI=1S/C12H20BNO2S/c1-11(2)12(3,4)16-13(15-11)10-7-9(8-17-10)14(5)6/h7-8H,1-6H3. The first-order valence-electron chi connectivity index (χ1n) is 5.84. The SMILES string of the molecule is CN(C)c1csc(B2OC(C)(C)C(C)(C)O2)c1. The van der Waals surface area contributed by atoms with E-state index in [0.717, 1.165) is 4.78 Å². The quantitative estimate of drug-likeness (QED) is 0.753. The lowest BCUT2D eigenvalue weighted by atomic mass is 9.88. The van der Waals surface area contributed by atoms with Crippen LogP contribution in [0.4, 0.5) is 5.69 Å². The van der Waals surface area contributed by atoms with Gasteiger partial charge in [0.1, 0.15) is 0 Å². The zero-order valence-electron chi connectivity index (χ0n) is 11.4. The minimum Gasteiger partial charge on any atom is -0.399 e. The third kappa shape index (κ3) is 2.24. The van der Waals surface area contributed by atoms with Crippen LogP contribution in [0.1, 0.15) is 27.7 Å². The molecule has 17 heavy (non-hydrogen) atoms. The lowest BCUT2D eigenvalue weighted by Gasteiger charge is -2.32. The summed E-state index contributed by atoms with van der Waals surface area (Å²) in [4.78, 5) is 2.09. The number of hydrogen-bond acceptors (Lipinski definition) is 4. The molecular weight excluding hydrogens is 233 g/mol. The summed E-state index contributed by atoms with van der Waals surface area (Å²) >= 11 is 1.68. The van der Waals surface area contributed by atoms with Crippen LogP contribution in [0.25, 0.3) is 0 Å². The fourth-order valence-corrected chi connectivity index (χ4v) is 2.59. The van der Waals surface area contributed by atoms with E-state index >= 15 is 0 Å². The Morgan fingerprint density at radius 2 is 1.65 bits per heavy atom. The smallest absolute Gasteiger partial charge is 0.399 e. The van der Waals surface area contributed by atoms with Gasteiger partial charge in [0.25, 0.3) is 0 Å². The van der Waals surface area contributed by atoms with E-state index in [1.54, 1.807) is 11.3 Å². The van der Waals surface area contributed by atoms with Crippen LogP contribution in [0.5, 0.6) is 0 Å². The number of thiophene rings is 1. The van der Waals surface area contributed by atoms with Gasteiger partial charge in [0.2, 0.25) is 0 Å². The molecule has 0 radical (unpaired) electrons. The third-order valence-electron chi connectivity index (χ3n) is 3.61. The number of rotatable bonds is 2. The highest BCUT2D eigenvalue weighted by Crippen LogP contribution is 2.37. The molecule has 3 nitrogen and oxygen atoms in total. The minimum atomic E-state index is -0.264. The zero-order valence-corrected chi connectivity index (χ0v) is 12.2. The highest BCUT2D eigenvalue weighted by molar-refractivity contribution is 7.21. The van der Waals surface area contributed by atoms with Gasteiger partial charge in [-0.25, -0.2) is 0 Å². The Labute approximate surface area is 108 Å². The van der Waals surface area contributed by atoms with Crippen molar-refractivity contribution in [3.8, 4) is 0 Å². The average molecular weight is 253 g/mol. The van der Waals surface area contributed by atoms with Crippen molar-refractivity contribution in [2.45, 2.75) is 38.9 Å². The van der Waals surface area contributed by atoms with E-state index in [4.69, 9.17) is 9.31 Å².